The maximum absolute atomic E-state index is 12.7. The highest BCUT2D eigenvalue weighted by atomic mass is 16.2. The third-order valence-electron chi connectivity index (χ3n) is 4.30. The van der Waals surface area contributed by atoms with Gasteiger partial charge in [-0.3, -0.25) is 4.79 Å². The highest BCUT2D eigenvalue weighted by Gasteiger charge is 2.23. The van der Waals surface area contributed by atoms with E-state index in [4.69, 9.17) is 0 Å². The van der Waals surface area contributed by atoms with Crippen molar-refractivity contribution >= 4 is 5.91 Å². The second-order valence-corrected chi connectivity index (χ2v) is 6.36. The number of rotatable bonds is 7. The quantitative estimate of drug-likeness (QED) is 0.785. The normalized spacial score (nSPS) is 16.2. The van der Waals surface area contributed by atoms with E-state index in [1.54, 1.807) is 0 Å². The number of carbonyl (C=O) groups excluding carboxylic acids is 1. The summed E-state index contributed by atoms with van der Waals surface area (Å²) in [6, 6.07) is 0.552. The van der Waals surface area contributed by atoms with Crippen LogP contribution in [0.5, 0.6) is 0 Å². The number of aromatic nitrogens is 3. The van der Waals surface area contributed by atoms with Crippen LogP contribution in [0.25, 0.3) is 0 Å². The average Bonchev–Trinajstić information content (AvgIpc) is 3.01. The zero-order valence-corrected chi connectivity index (χ0v) is 14.1. The summed E-state index contributed by atoms with van der Waals surface area (Å²) < 4.78 is 1.87. The maximum atomic E-state index is 12.7. The van der Waals surface area contributed by atoms with E-state index in [1.807, 2.05) is 15.8 Å². The summed E-state index contributed by atoms with van der Waals surface area (Å²) in [5.74, 6) is 0.00582. The van der Waals surface area contributed by atoms with Gasteiger partial charge in [0.05, 0.1) is 12.2 Å². The van der Waals surface area contributed by atoms with Gasteiger partial charge < -0.3 is 10.2 Å². The van der Waals surface area contributed by atoms with E-state index in [9.17, 15) is 4.79 Å². The van der Waals surface area contributed by atoms with E-state index in [2.05, 4.69) is 36.4 Å². The van der Waals surface area contributed by atoms with Gasteiger partial charge in [0.1, 0.15) is 0 Å². The van der Waals surface area contributed by atoms with Crippen LogP contribution in [0.4, 0.5) is 0 Å². The Kier molecular flexibility index (Phi) is 6.36. The smallest absolute Gasteiger partial charge is 0.276 e. The molecule has 1 N–H and O–H groups in total. The summed E-state index contributed by atoms with van der Waals surface area (Å²) in [5, 5.41) is 11.7. The van der Waals surface area contributed by atoms with Crippen molar-refractivity contribution in [3.63, 3.8) is 0 Å². The van der Waals surface area contributed by atoms with Gasteiger partial charge in [-0.1, -0.05) is 25.0 Å². The number of piperidine rings is 1. The van der Waals surface area contributed by atoms with Gasteiger partial charge in [-0.25, -0.2) is 4.68 Å². The molecule has 0 unspecified atom stereocenters. The third-order valence-corrected chi connectivity index (χ3v) is 4.30. The Morgan fingerprint density at radius 1 is 1.41 bits per heavy atom. The summed E-state index contributed by atoms with van der Waals surface area (Å²) >= 11 is 0. The molecule has 1 aliphatic rings. The predicted molar refractivity (Wildman–Crippen MR) is 86.9 cm³/mol. The van der Waals surface area contributed by atoms with Crippen LogP contribution >= 0.6 is 0 Å². The fourth-order valence-corrected chi connectivity index (χ4v) is 2.90. The molecular weight excluding hydrogens is 278 g/mol. The molecule has 1 amide bonds. The van der Waals surface area contributed by atoms with E-state index in [0.717, 1.165) is 51.7 Å². The lowest BCUT2D eigenvalue weighted by atomic mass is 10.1. The van der Waals surface area contributed by atoms with Gasteiger partial charge in [-0.15, -0.1) is 5.10 Å². The Morgan fingerprint density at radius 3 is 2.77 bits per heavy atom. The van der Waals surface area contributed by atoms with E-state index in [-0.39, 0.29) is 11.9 Å². The van der Waals surface area contributed by atoms with Crippen LogP contribution in [-0.4, -0.2) is 51.5 Å². The Hall–Kier alpha value is -1.43. The summed E-state index contributed by atoms with van der Waals surface area (Å²) in [5.41, 5.74) is 0.476. The molecule has 6 heteroatoms. The molecule has 22 heavy (non-hydrogen) atoms. The Morgan fingerprint density at radius 2 is 2.14 bits per heavy atom. The molecule has 0 bridgehead atoms. The minimum absolute atomic E-state index is 0.00582. The summed E-state index contributed by atoms with van der Waals surface area (Å²) in [7, 11) is 0. The molecular formula is C16H29N5O. The van der Waals surface area contributed by atoms with Gasteiger partial charge in [-0.2, -0.15) is 0 Å². The first-order valence-electron chi connectivity index (χ1n) is 8.57. The molecule has 0 aliphatic carbocycles. The molecule has 2 rings (SSSR count). The molecule has 0 atom stereocenters. The van der Waals surface area contributed by atoms with Crippen LogP contribution in [-0.2, 0) is 0 Å². The largest absolute Gasteiger partial charge is 0.335 e. The number of hydrogen-bond acceptors (Lipinski definition) is 4. The van der Waals surface area contributed by atoms with E-state index < -0.39 is 0 Å². The maximum Gasteiger partial charge on any atom is 0.276 e. The third kappa shape index (κ3) is 4.29. The first kappa shape index (κ1) is 16.9. The molecule has 2 heterocycles. The van der Waals surface area contributed by atoms with E-state index in [1.165, 1.54) is 0 Å². The summed E-state index contributed by atoms with van der Waals surface area (Å²) in [6.07, 6.45) is 7.27. The van der Waals surface area contributed by atoms with Gasteiger partial charge in [0.15, 0.2) is 5.69 Å². The SMILES string of the molecule is CCCCCN(C(=O)c1cn(C2CCNCC2)nn1)C(C)C. The molecule has 1 fully saturated rings. The van der Waals surface area contributed by atoms with Crippen LogP contribution in [0.2, 0.25) is 0 Å². The van der Waals surface area contributed by atoms with Crippen molar-refractivity contribution in [3.05, 3.63) is 11.9 Å². The molecule has 6 nitrogen and oxygen atoms in total. The molecule has 1 aromatic heterocycles. The zero-order chi connectivity index (χ0) is 15.9. The number of amides is 1. The summed E-state index contributed by atoms with van der Waals surface area (Å²) in [6.45, 7) is 9.09. The molecule has 0 radical (unpaired) electrons. The highest BCUT2D eigenvalue weighted by molar-refractivity contribution is 5.92. The van der Waals surface area contributed by atoms with E-state index >= 15 is 0 Å². The second-order valence-electron chi connectivity index (χ2n) is 6.36. The van der Waals surface area contributed by atoms with Gasteiger partial charge in [0.25, 0.3) is 5.91 Å². The van der Waals surface area contributed by atoms with Crippen LogP contribution < -0.4 is 5.32 Å². The lowest BCUT2D eigenvalue weighted by Crippen LogP contribution is -2.38. The van der Waals surface area contributed by atoms with Crippen LogP contribution in [0.3, 0.4) is 0 Å². The molecule has 1 aromatic rings. The zero-order valence-electron chi connectivity index (χ0n) is 14.1. The van der Waals surface area contributed by atoms with Crippen molar-refractivity contribution in [2.24, 2.45) is 0 Å². The predicted octanol–water partition coefficient (Wildman–Crippen LogP) is 2.24. The average molecular weight is 307 g/mol. The summed E-state index contributed by atoms with van der Waals surface area (Å²) in [4.78, 5) is 14.6. The minimum Gasteiger partial charge on any atom is -0.335 e. The van der Waals surface area contributed by atoms with Crippen molar-refractivity contribution < 1.29 is 4.79 Å². The Balaban J connectivity index is 2.01. The molecule has 1 saturated heterocycles. The van der Waals surface area contributed by atoms with Crippen LogP contribution in [0, 0.1) is 0 Å². The fraction of sp³-hybridized carbons (Fsp3) is 0.812. The molecule has 1 aliphatic heterocycles. The standard InChI is InChI=1S/C16H29N5O/c1-4-5-6-11-20(13(2)3)16(22)15-12-21(19-18-15)14-7-9-17-10-8-14/h12-14,17H,4-11H2,1-3H3. The number of nitrogens with zero attached hydrogens (tertiary/aromatic N) is 4. The second kappa shape index (κ2) is 8.27. The van der Waals surface area contributed by atoms with Gasteiger partial charge in [-0.05, 0) is 46.2 Å². The molecule has 0 aromatic carbocycles. The lowest BCUT2D eigenvalue weighted by molar-refractivity contribution is 0.0696. The first-order chi connectivity index (χ1) is 10.6. The van der Waals surface area contributed by atoms with Crippen molar-refractivity contribution in [1.29, 1.82) is 0 Å². The van der Waals surface area contributed by atoms with E-state index in [0.29, 0.717) is 11.7 Å². The van der Waals surface area contributed by atoms with Crippen molar-refractivity contribution in [2.75, 3.05) is 19.6 Å². The number of unbranched alkanes of at least 4 members (excludes halogenated alkanes) is 2. The van der Waals surface area contributed by atoms with Gasteiger partial charge >= 0.3 is 0 Å². The van der Waals surface area contributed by atoms with Gasteiger partial charge in [0, 0.05) is 12.6 Å². The number of nitrogens with one attached hydrogen (secondary N) is 1. The molecule has 0 spiro atoms. The van der Waals surface area contributed by atoms with Gasteiger partial charge in [0.2, 0.25) is 0 Å². The first-order valence-corrected chi connectivity index (χ1v) is 8.57. The fourth-order valence-electron chi connectivity index (χ4n) is 2.90. The van der Waals surface area contributed by atoms with Crippen molar-refractivity contribution in [1.82, 2.24) is 25.2 Å². The Labute approximate surface area is 133 Å². The van der Waals surface area contributed by atoms with Crippen LogP contribution in [0.15, 0.2) is 6.20 Å². The van der Waals surface area contributed by atoms with Crippen molar-refractivity contribution in [2.45, 2.75) is 65.0 Å². The number of carbonyl (C=O) groups is 1. The van der Waals surface area contributed by atoms with Crippen LogP contribution in [0.1, 0.15) is 69.4 Å². The molecule has 124 valence electrons. The topological polar surface area (TPSA) is 63.1 Å². The highest BCUT2D eigenvalue weighted by Crippen LogP contribution is 2.18. The molecule has 0 saturated carbocycles. The van der Waals surface area contributed by atoms with Crippen molar-refractivity contribution in [3.8, 4) is 0 Å². The minimum atomic E-state index is 0.00582. The monoisotopic (exact) mass is 307 g/mol. The lowest BCUT2D eigenvalue weighted by Gasteiger charge is -2.26. The number of hydrogen-bond donors (Lipinski definition) is 1. The Bertz CT molecular complexity index is 465.